The normalized spacial score (nSPS) is 11.8. The molecule has 0 bridgehead atoms. The minimum absolute atomic E-state index is 0.0215. The molecular formula is C31H64O2Si. The van der Waals surface area contributed by atoms with E-state index in [-0.39, 0.29) is 5.97 Å². The number of hydrogen-bond donors (Lipinski definition) is 0. The van der Waals surface area contributed by atoms with Gasteiger partial charge in [0.1, 0.15) is 0 Å². The van der Waals surface area contributed by atoms with E-state index in [4.69, 9.17) is 4.43 Å². The van der Waals surface area contributed by atoms with Crippen molar-refractivity contribution in [2.75, 3.05) is 0 Å². The van der Waals surface area contributed by atoms with Gasteiger partial charge < -0.3 is 4.43 Å². The van der Waals surface area contributed by atoms with Crippen molar-refractivity contribution < 1.29 is 9.22 Å². The van der Waals surface area contributed by atoms with E-state index < -0.39 is 8.32 Å². The third kappa shape index (κ3) is 29.7. The molecule has 0 aliphatic carbocycles. The lowest BCUT2D eigenvalue weighted by atomic mass is 10.0. The molecule has 0 unspecified atom stereocenters. The van der Waals surface area contributed by atoms with Crippen molar-refractivity contribution in [1.29, 1.82) is 0 Å². The average Bonchev–Trinajstić information content (AvgIpc) is 2.78. The van der Waals surface area contributed by atoms with Crippen LogP contribution in [-0.4, -0.2) is 14.3 Å². The van der Waals surface area contributed by atoms with Gasteiger partial charge in [0, 0.05) is 6.42 Å². The maximum Gasteiger partial charge on any atom is 0.292 e. The average molecular weight is 497 g/mol. The van der Waals surface area contributed by atoms with Crippen molar-refractivity contribution in [3.05, 3.63) is 0 Å². The summed E-state index contributed by atoms with van der Waals surface area (Å²) in [7, 11) is -1.69. The standard InChI is InChI=1S/C31H64O2Si/c1-5-6-7-8-9-10-11-12-13-14-15-16-17-18-19-20-21-22-23-24-25-26-27-28-29-30-31(32)33-34(2,3)4/h5-30H2,1-4H3. The Hall–Kier alpha value is -0.313. The van der Waals surface area contributed by atoms with Crippen LogP contribution in [0.3, 0.4) is 0 Å². The second kappa shape index (κ2) is 25.8. The summed E-state index contributed by atoms with van der Waals surface area (Å²) in [6.45, 7) is 8.52. The molecule has 0 aromatic heterocycles. The first-order chi connectivity index (χ1) is 16.5. The van der Waals surface area contributed by atoms with E-state index in [1.165, 1.54) is 154 Å². The molecule has 2 nitrogen and oxygen atoms in total. The molecule has 0 saturated heterocycles. The Bertz CT molecular complexity index is 416. The maximum absolute atomic E-state index is 11.7. The molecule has 0 saturated carbocycles. The van der Waals surface area contributed by atoms with Gasteiger partial charge in [-0.1, -0.05) is 161 Å². The van der Waals surface area contributed by atoms with Crippen molar-refractivity contribution in [3.8, 4) is 0 Å². The predicted octanol–water partition coefficient (Wildman–Crippen LogP) is 11.5. The SMILES string of the molecule is CCCCCCCCCCCCCCCCCCCCCCCCCCCC(=O)O[Si](C)(C)C. The van der Waals surface area contributed by atoms with Crippen LogP contribution in [0.4, 0.5) is 0 Å². The molecule has 0 aliphatic heterocycles. The number of carbonyl (C=O) groups excluding carboxylic acids is 1. The van der Waals surface area contributed by atoms with Gasteiger partial charge >= 0.3 is 0 Å². The molecule has 0 fully saturated rings. The quantitative estimate of drug-likeness (QED) is 0.0834. The van der Waals surface area contributed by atoms with Crippen molar-refractivity contribution in [2.45, 2.75) is 194 Å². The van der Waals surface area contributed by atoms with Gasteiger partial charge in [-0.3, -0.25) is 4.79 Å². The van der Waals surface area contributed by atoms with E-state index in [0.29, 0.717) is 6.42 Å². The van der Waals surface area contributed by atoms with Crippen molar-refractivity contribution in [3.63, 3.8) is 0 Å². The first-order valence-corrected chi connectivity index (χ1v) is 19.1. The summed E-state index contributed by atoms with van der Waals surface area (Å²) in [6, 6.07) is 0. The highest BCUT2D eigenvalue weighted by molar-refractivity contribution is 6.71. The second-order valence-electron chi connectivity index (χ2n) is 11.8. The first kappa shape index (κ1) is 33.7. The molecule has 34 heavy (non-hydrogen) atoms. The fourth-order valence-electron chi connectivity index (χ4n) is 4.80. The second-order valence-corrected chi connectivity index (χ2v) is 16.3. The fourth-order valence-corrected chi connectivity index (χ4v) is 5.59. The van der Waals surface area contributed by atoms with Gasteiger partial charge in [-0.15, -0.1) is 0 Å². The first-order valence-electron chi connectivity index (χ1n) is 15.7. The molecule has 0 spiro atoms. The highest BCUT2D eigenvalue weighted by atomic mass is 28.4. The van der Waals surface area contributed by atoms with Crippen LogP contribution in [0.2, 0.25) is 19.6 Å². The Morgan fingerprint density at radius 3 is 0.912 bits per heavy atom. The predicted molar refractivity (Wildman–Crippen MR) is 155 cm³/mol. The molecular weight excluding hydrogens is 432 g/mol. The largest absolute Gasteiger partial charge is 0.520 e. The number of hydrogen-bond acceptors (Lipinski definition) is 2. The number of carbonyl (C=O) groups is 1. The van der Waals surface area contributed by atoms with Crippen molar-refractivity contribution in [2.24, 2.45) is 0 Å². The van der Waals surface area contributed by atoms with Crippen LogP contribution in [0.15, 0.2) is 0 Å². The molecule has 0 heterocycles. The van der Waals surface area contributed by atoms with Crippen LogP contribution in [0.25, 0.3) is 0 Å². The fraction of sp³-hybridized carbons (Fsp3) is 0.968. The summed E-state index contributed by atoms with van der Waals surface area (Å²) in [5, 5.41) is 0. The van der Waals surface area contributed by atoms with E-state index in [2.05, 4.69) is 26.6 Å². The maximum atomic E-state index is 11.7. The van der Waals surface area contributed by atoms with Gasteiger partial charge in [0.05, 0.1) is 0 Å². The molecule has 0 aliphatic rings. The van der Waals surface area contributed by atoms with Crippen LogP contribution in [-0.2, 0) is 9.22 Å². The molecule has 0 rings (SSSR count). The molecule has 204 valence electrons. The molecule has 0 aromatic rings. The Morgan fingerprint density at radius 2 is 0.676 bits per heavy atom. The van der Waals surface area contributed by atoms with Gasteiger partial charge in [-0.2, -0.15) is 0 Å². The van der Waals surface area contributed by atoms with E-state index in [1.54, 1.807) is 0 Å². The summed E-state index contributed by atoms with van der Waals surface area (Å²) >= 11 is 0. The van der Waals surface area contributed by atoms with E-state index in [1.807, 2.05) is 0 Å². The third-order valence-electron chi connectivity index (χ3n) is 6.90. The minimum atomic E-state index is -1.69. The van der Waals surface area contributed by atoms with Crippen LogP contribution >= 0.6 is 0 Å². The van der Waals surface area contributed by atoms with E-state index >= 15 is 0 Å². The van der Waals surface area contributed by atoms with Gasteiger partial charge in [0.15, 0.2) is 0 Å². The lowest BCUT2D eigenvalue weighted by Crippen LogP contribution is -2.28. The Morgan fingerprint density at radius 1 is 0.441 bits per heavy atom. The van der Waals surface area contributed by atoms with E-state index in [9.17, 15) is 4.79 Å². The Balaban J connectivity index is 3.10. The molecule has 0 atom stereocenters. The summed E-state index contributed by atoms with van der Waals surface area (Å²) in [6.07, 6.45) is 35.8. The number of rotatable bonds is 27. The topological polar surface area (TPSA) is 26.3 Å². The number of unbranched alkanes of at least 4 members (excludes halogenated alkanes) is 24. The van der Waals surface area contributed by atoms with Gasteiger partial charge in [-0.25, -0.2) is 0 Å². The lowest BCUT2D eigenvalue weighted by molar-refractivity contribution is -0.135. The summed E-state index contributed by atoms with van der Waals surface area (Å²) in [4.78, 5) is 11.7. The minimum Gasteiger partial charge on any atom is -0.520 e. The third-order valence-corrected chi connectivity index (χ3v) is 7.74. The van der Waals surface area contributed by atoms with E-state index in [0.717, 1.165) is 6.42 Å². The molecule has 0 N–H and O–H groups in total. The molecule has 0 radical (unpaired) electrons. The van der Waals surface area contributed by atoms with Gasteiger partial charge in [0.25, 0.3) is 5.97 Å². The van der Waals surface area contributed by atoms with Crippen LogP contribution in [0.5, 0.6) is 0 Å². The molecule has 0 aromatic carbocycles. The molecule has 0 amide bonds. The zero-order chi connectivity index (χ0) is 25.2. The van der Waals surface area contributed by atoms with Crippen molar-refractivity contribution in [1.82, 2.24) is 0 Å². The summed E-state index contributed by atoms with van der Waals surface area (Å²) in [5.74, 6) is 0.0215. The summed E-state index contributed by atoms with van der Waals surface area (Å²) < 4.78 is 5.49. The Labute approximate surface area is 216 Å². The lowest BCUT2D eigenvalue weighted by Gasteiger charge is -2.17. The zero-order valence-corrected chi connectivity index (χ0v) is 25.2. The smallest absolute Gasteiger partial charge is 0.292 e. The van der Waals surface area contributed by atoms with Gasteiger partial charge in [0.2, 0.25) is 8.32 Å². The summed E-state index contributed by atoms with van der Waals surface area (Å²) in [5.41, 5.74) is 0. The zero-order valence-electron chi connectivity index (χ0n) is 24.2. The van der Waals surface area contributed by atoms with Crippen LogP contribution in [0, 0.1) is 0 Å². The molecule has 3 heteroatoms. The van der Waals surface area contributed by atoms with Crippen LogP contribution in [0.1, 0.15) is 174 Å². The van der Waals surface area contributed by atoms with Crippen molar-refractivity contribution >= 4 is 14.3 Å². The highest BCUT2D eigenvalue weighted by Gasteiger charge is 2.19. The van der Waals surface area contributed by atoms with Gasteiger partial charge in [-0.05, 0) is 26.1 Å². The van der Waals surface area contributed by atoms with Crippen LogP contribution < -0.4 is 0 Å². The Kier molecular flexibility index (Phi) is 25.5. The highest BCUT2D eigenvalue weighted by Crippen LogP contribution is 2.16. The monoisotopic (exact) mass is 496 g/mol.